The molecule has 0 saturated heterocycles. The average molecular weight is 379 g/mol. The normalized spacial score (nSPS) is 14.3. The molecule has 0 aliphatic heterocycles. The van der Waals surface area contributed by atoms with Crippen molar-refractivity contribution in [1.29, 1.82) is 0 Å². The van der Waals surface area contributed by atoms with Gasteiger partial charge >= 0.3 is 12.5 Å². The molecule has 1 fully saturated rings. The van der Waals surface area contributed by atoms with E-state index in [0.717, 1.165) is 17.0 Å². The van der Waals surface area contributed by atoms with E-state index in [1.54, 1.807) is 6.07 Å². The van der Waals surface area contributed by atoms with Crippen molar-refractivity contribution in [2.24, 2.45) is 0 Å². The van der Waals surface area contributed by atoms with Gasteiger partial charge in [0.2, 0.25) is 5.95 Å². The lowest BCUT2D eigenvalue weighted by molar-refractivity contribution is -0.274. The van der Waals surface area contributed by atoms with Gasteiger partial charge in [-0.05, 0) is 25.0 Å². The van der Waals surface area contributed by atoms with Crippen LogP contribution in [-0.4, -0.2) is 43.2 Å². The summed E-state index contributed by atoms with van der Waals surface area (Å²) >= 11 is 0. The van der Waals surface area contributed by atoms with Crippen molar-refractivity contribution in [3.63, 3.8) is 0 Å². The topological polar surface area (TPSA) is 92.8 Å². The number of anilines is 1. The van der Waals surface area contributed by atoms with E-state index >= 15 is 0 Å². The molecule has 1 amide bonds. The number of aromatic nitrogens is 4. The third-order valence-electron chi connectivity index (χ3n) is 3.90. The van der Waals surface area contributed by atoms with Gasteiger partial charge in [-0.25, -0.2) is 14.7 Å². The molecule has 1 N–H and O–H groups in total. The van der Waals surface area contributed by atoms with Crippen molar-refractivity contribution in [3.8, 4) is 17.1 Å². The van der Waals surface area contributed by atoms with Crippen LogP contribution in [0.4, 0.5) is 23.9 Å². The number of hydrogen-bond acceptors (Lipinski definition) is 5. The van der Waals surface area contributed by atoms with Crippen LogP contribution in [0.3, 0.4) is 0 Å². The van der Waals surface area contributed by atoms with Gasteiger partial charge in [0.05, 0.1) is 6.20 Å². The van der Waals surface area contributed by atoms with Gasteiger partial charge in [0, 0.05) is 17.7 Å². The third kappa shape index (κ3) is 3.48. The molecule has 0 radical (unpaired) electrons. The summed E-state index contributed by atoms with van der Waals surface area (Å²) in [5.74, 6) is -0.314. The lowest BCUT2D eigenvalue weighted by Crippen LogP contribution is -2.34. The molecule has 1 aliphatic carbocycles. The van der Waals surface area contributed by atoms with Gasteiger partial charge in [0.1, 0.15) is 5.75 Å². The SMILES string of the molecule is O=C(O)N(c1nc(-c2cccc(OC(F)(F)F)c2)nc2ccnn12)C1CC1. The van der Waals surface area contributed by atoms with Crippen molar-refractivity contribution < 1.29 is 27.8 Å². The van der Waals surface area contributed by atoms with Gasteiger partial charge in [-0.15, -0.1) is 13.2 Å². The van der Waals surface area contributed by atoms with Crippen LogP contribution in [-0.2, 0) is 0 Å². The number of carboxylic acid groups (broad SMARTS) is 1. The van der Waals surface area contributed by atoms with E-state index in [2.05, 4.69) is 19.8 Å². The number of fused-ring (bicyclic) bond motifs is 1. The number of alkyl halides is 3. The largest absolute Gasteiger partial charge is 0.573 e. The maximum atomic E-state index is 12.5. The van der Waals surface area contributed by atoms with Gasteiger partial charge in [-0.3, -0.25) is 0 Å². The highest BCUT2D eigenvalue weighted by molar-refractivity contribution is 5.85. The summed E-state index contributed by atoms with van der Waals surface area (Å²) in [6.07, 6.45) is -3.18. The molecule has 4 rings (SSSR count). The van der Waals surface area contributed by atoms with E-state index in [1.807, 2.05) is 0 Å². The molecule has 2 heterocycles. The second-order valence-corrected chi connectivity index (χ2v) is 5.91. The molecule has 2 aromatic heterocycles. The minimum absolute atomic E-state index is 0.0390. The van der Waals surface area contributed by atoms with Gasteiger partial charge < -0.3 is 9.84 Å². The fraction of sp³-hybridized carbons (Fsp3) is 0.250. The van der Waals surface area contributed by atoms with Crippen LogP contribution in [0.5, 0.6) is 5.75 Å². The summed E-state index contributed by atoms with van der Waals surface area (Å²) in [7, 11) is 0. The summed E-state index contributed by atoms with van der Waals surface area (Å²) in [4.78, 5) is 21.3. The highest BCUT2D eigenvalue weighted by Gasteiger charge is 2.37. The van der Waals surface area contributed by atoms with Gasteiger partial charge in [0.15, 0.2) is 11.5 Å². The van der Waals surface area contributed by atoms with Crippen LogP contribution in [0, 0.1) is 0 Å². The Morgan fingerprint density at radius 3 is 2.70 bits per heavy atom. The van der Waals surface area contributed by atoms with Gasteiger partial charge in [-0.2, -0.15) is 14.6 Å². The number of carbonyl (C=O) groups is 1. The molecule has 140 valence electrons. The Morgan fingerprint density at radius 1 is 1.26 bits per heavy atom. The Kier molecular flexibility index (Phi) is 3.86. The van der Waals surface area contributed by atoms with E-state index in [1.165, 1.54) is 22.8 Å². The summed E-state index contributed by atoms with van der Waals surface area (Å²) in [5.41, 5.74) is 0.576. The van der Waals surface area contributed by atoms with Gasteiger partial charge in [-0.1, -0.05) is 12.1 Å². The van der Waals surface area contributed by atoms with Gasteiger partial charge in [0.25, 0.3) is 0 Å². The summed E-state index contributed by atoms with van der Waals surface area (Å²) in [6.45, 7) is 0. The molecule has 8 nitrogen and oxygen atoms in total. The molecule has 1 aromatic carbocycles. The van der Waals surface area contributed by atoms with Crippen molar-refractivity contribution in [3.05, 3.63) is 36.5 Å². The summed E-state index contributed by atoms with van der Waals surface area (Å²) in [6, 6.07) is 6.52. The van der Waals surface area contributed by atoms with Crippen LogP contribution in [0.1, 0.15) is 12.8 Å². The zero-order valence-electron chi connectivity index (χ0n) is 13.6. The molecule has 1 aliphatic rings. The first-order chi connectivity index (χ1) is 12.8. The average Bonchev–Trinajstić information content (AvgIpc) is 3.28. The summed E-state index contributed by atoms with van der Waals surface area (Å²) in [5, 5.41) is 13.6. The molecule has 1 saturated carbocycles. The second kappa shape index (κ2) is 6.11. The first-order valence-electron chi connectivity index (χ1n) is 7.92. The van der Waals surface area contributed by atoms with Crippen molar-refractivity contribution in [2.75, 3.05) is 4.90 Å². The maximum absolute atomic E-state index is 12.5. The monoisotopic (exact) mass is 379 g/mol. The Labute approximate surface area is 149 Å². The molecular weight excluding hydrogens is 367 g/mol. The Hall–Kier alpha value is -3.37. The lowest BCUT2D eigenvalue weighted by atomic mass is 10.2. The Morgan fingerprint density at radius 2 is 2.04 bits per heavy atom. The number of benzene rings is 1. The Bertz CT molecular complexity index is 1020. The minimum atomic E-state index is -4.83. The number of hydrogen-bond donors (Lipinski definition) is 1. The van der Waals surface area contributed by atoms with Crippen molar-refractivity contribution in [1.82, 2.24) is 19.6 Å². The first-order valence-corrected chi connectivity index (χ1v) is 7.92. The third-order valence-corrected chi connectivity index (χ3v) is 3.90. The second-order valence-electron chi connectivity index (χ2n) is 5.91. The summed E-state index contributed by atoms with van der Waals surface area (Å²) < 4.78 is 42.6. The lowest BCUT2D eigenvalue weighted by Gasteiger charge is -2.18. The molecule has 0 spiro atoms. The van der Waals surface area contributed by atoms with E-state index in [-0.39, 0.29) is 23.4 Å². The quantitative estimate of drug-likeness (QED) is 0.747. The van der Waals surface area contributed by atoms with E-state index in [4.69, 9.17) is 0 Å². The van der Waals surface area contributed by atoms with Crippen LogP contribution in [0.15, 0.2) is 36.5 Å². The van der Waals surface area contributed by atoms with E-state index in [9.17, 15) is 23.1 Å². The molecule has 11 heteroatoms. The molecule has 0 atom stereocenters. The van der Waals surface area contributed by atoms with Crippen LogP contribution < -0.4 is 9.64 Å². The van der Waals surface area contributed by atoms with Crippen molar-refractivity contribution in [2.45, 2.75) is 25.2 Å². The number of rotatable bonds is 4. The predicted molar refractivity (Wildman–Crippen MR) is 86.4 cm³/mol. The highest BCUT2D eigenvalue weighted by atomic mass is 19.4. The fourth-order valence-corrected chi connectivity index (χ4v) is 2.67. The zero-order chi connectivity index (χ0) is 19.2. The highest BCUT2D eigenvalue weighted by Crippen LogP contribution is 2.32. The molecule has 3 aromatic rings. The molecule has 0 bridgehead atoms. The number of ether oxygens (including phenoxy) is 1. The van der Waals surface area contributed by atoms with Crippen molar-refractivity contribution >= 4 is 17.7 Å². The van der Waals surface area contributed by atoms with Crippen LogP contribution >= 0.6 is 0 Å². The van der Waals surface area contributed by atoms with Crippen LogP contribution in [0.25, 0.3) is 17.0 Å². The van der Waals surface area contributed by atoms with E-state index < -0.39 is 18.2 Å². The standard InChI is InChI=1S/C16H12F3N5O3/c17-16(18,19)27-11-3-1-2-9(8-11)13-21-12-6-7-20-24(12)14(22-13)23(15(25)26)10-4-5-10/h1-3,6-8,10H,4-5H2,(H,25,26). The minimum Gasteiger partial charge on any atom is -0.465 e. The first kappa shape index (κ1) is 17.1. The smallest absolute Gasteiger partial charge is 0.465 e. The number of amides is 1. The molecular formula is C16H12F3N5O3. The maximum Gasteiger partial charge on any atom is 0.573 e. The van der Waals surface area contributed by atoms with E-state index in [0.29, 0.717) is 18.5 Å². The molecule has 0 unspecified atom stereocenters. The molecule has 27 heavy (non-hydrogen) atoms. The Balaban J connectivity index is 1.81. The predicted octanol–water partition coefficient (Wildman–Crippen LogP) is 3.34. The zero-order valence-corrected chi connectivity index (χ0v) is 13.6. The number of halogens is 3. The fourth-order valence-electron chi connectivity index (χ4n) is 2.67. The van der Waals surface area contributed by atoms with Crippen LogP contribution in [0.2, 0.25) is 0 Å². The number of nitrogens with zero attached hydrogens (tertiary/aromatic N) is 5.